The van der Waals surface area contributed by atoms with E-state index in [4.69, 9.17) is 23.7 Å². The van der Waals surface area contributed by atoms with Gasteiger partial charge in [0.25, 0.3) is 5.91 Å². The number of hydrogen-bond acceptors (Lipinski definition) is 9. The molecule has 3 rings (SSSR count). The highest BCUT2D eigenvalue weighted by atomic mass is 19.2. The SMILES string of the molecule is COc1ccnc(C(=O)N[C@](C)(C=O)CO[C@@H](C)C(c2ccc(F)c(F)c2OC)c2ccc(F)c(F)c2OC)c1OC(C)=O. The smallest absolute Gasteiger partial charge is 0.308 e. The maximum Gasteiger partial charge on any atom is 0.308 e. The van der Waals surface area contributed by atoms with E-state index in [0.29, 0.717) is 6.29 Å². The third-order valence-corrected chi connectivity index (χ3v) is 6.56. The summed E-state index contributed by atoms with van der Waals surface area (Å²) in [7, 11) is 3.49. The van der Waals surface area contributed by atoms with Crippen molar-refractivity contribution in [3.8, 4) is 23.0 Å². The molecule has 236 valence electrons. The van der Waals surface area contributed by atoms with Gasteiger partial charge in [0, 0.05) is 36.2 Å². The second kappa shape index (κ2) is 14.2. The van der Waals surface area contributed by atoms with Crippen LogP contribution < -0.4 is 24.3 Å². The first-order valence-corrected chi connectivity index (χ1v) is 13.0. The van der Waals surface area contributed by atoms with Crippen molar-refractivity contribution in [2.75, 3.05) is 27.9 Å². The zero-order valence-corrected chi connectivity index (χ0v) is 24.6. The summed E-state index contributed by atoms with van der Waals surface area (Å²) in [5, 5.41) is 2.47. The Hall–Kier alpha value is -4.72. The minimum atomic E-state index is -1.73. The maximum absolute atomic E-state index is 14.8. The summed E-state index contributed by atoms with van der Waals surface area (Å²) in [5.74, 6) is -9.24. The average Bonchev–Trinajstić information content (AvgIpc) is 2.99. The van der Waals surface area contributed by atoms with Gasteiger partial charge in [0.15, 0.2) is 34.6 Å². The maximum atomic E-state index is 14.8. The molecule has 0 saturated carbocycles. The largest absolute Gasteiger partial charge is 0.493 e. The molecule has 0 fully saturated rings. The molecular weight excluding hydrogens is 592 g/mol. The number of rotatable bonds is 13. The van der Waals surface area contributed by atoms with Gasteiger partial charge in [-0.3, -0.25) is 9.59 Å². The molecule has 1 amide bonds. The summed E-state index contributed by atoms with van der Waals surface area (Å²) < 4.78 is 84.2. The van der Waals surface area contributed by atoms with Gasteiger partial charge in [-0.1, -0.05) is 12.1 Å². The van der Waals surface area contributed by atoms with E-state index >= 15 is 0 Å². The summed E-state index contributed by atoms with van der Waals surface area (Å²) in [6, 6.07) is 5.40. The number of ether oxygens (including phenoxy) is 5. The summed E-state index contributed by atoms with van der Waals surface area (Å²) in [4.78, 5) is 41.0. The number of esters is 1. The van der Waals surface area contributed by atoms with Crippen LogP contribution in [0, 0.1) is 23.3 Å². The Morgan fingerprint density at radius 1 is 0.909 bits per heavy atom. The number of pyridine rings is 1. The van der Waals surface area contributed by atoms with Gasteiger partial charge in [-0.25, -0.2) is 13.8 Å². The molecule has 0 aliphatic carbocycles. The third-order valence-electron chi connectivity index (χ3n) is 6.56. The van der Waals surface area contributed by atoms with E-state index in [-0.39, 0.29) is 28.3 Å². The lowest BCUT2D eigenvalue weighted by molar-refractivity contribution is -0.132. The number of carbonyl (C=O) groups excluding carboxylic acids is 3. The van der Waals surface area contributed by atoms with Gasteiger partial charge < -0.3 is 33.8 Å². The zero-order valence-electron chi connectivity index (χ0n) is 24.6. The molecule has 3 aromatic rings. The minimum absolute atomic E-state index is 0.00773. The normalized spacial score (nSPS) is 13.1. The van der Waals surface area contributed by atoms with Crippen LogP contribution >= 0.6 is 0 Å². The Bertz CT molecular complexity index is 1490. The zero-order chi connectivity index (χ0) is 32.8. The van der Waals surface area contributed by atoms with Crippen molar-refractivity contribution < 1.29 is 55.6 Å². The van der Waals surface area contributed by atoms with Gasteiger partial charge in [-0.2, -0.15) is 8.78 Å². The van der Waals surface area contributed by atoms with Crippen LogP contribution in [0.5, 0.6) is 23.0 Å². The van der Waals surface area contributed by atoms with Crippen LogP contribution in [0.4, 0.5) is 17.6 Å². The van der Waals surface area contributed by atoms with Crippen LogP contribution in [-0.2, 0) is 14.3 Å². The second-order valence-corrected chi connectivity index (χ2v) is 9.74. The van der Waals surface area contributed by atoms with Crippen molar-refractivity contribution in [3.63, 3.8) is 0 Å². The number of benzene rings is 2. The van der Waals surface area contributed by atoms with E-state index in [1.165, 1.54) is 45.4 Å². The molecule has 1 aromatic heterocycles. The fourth-order valence-corrected chi connectivity index (χ4v) is 4.49. The van der Waals surface area contributed by atoms with Crippen molar-refractivity contribution in [2.45, 2.75) is 38.3 Å². The number of hydrogen-bond donors (Lipinski definition) is 1. The Labute approximate surface area is 250 Å². The van der Waals surface area contributed by atoms with Gasteiger partial charge in [0.2, 0.25) is 17.4 Å². The number of halogens is 4. The number of nitrogens with one attached hydrogen (secondary N) is 1. The average molecular weight is 623 g/mol. The molecule has 10 nitrogen and oxygen atoms in total. The molecule has 0 bridgehead atoms. The Balaban J connectivity index is 2.00. The predicted molar refractivity (Wildman–Crippen MR) is 147 cm³/mol. The van der Waals surface area contributed by atoms with Gasteiger partial charge in [-0.15, -0.1) is 0 Å². The fourth-order valence-electron chi connectivity index (χ4n) is 4.49. The van der Waals surface area contributed by atoms with E-state index in [9.17, 15) is 31.9 Å². The fraction of sp³-hybridized carbons (Fsp3) is 0.333. The first kappa shape index (κ1) is 33.8. The molecule has 2 atom stereocenters. The predicted octanol–water partition coefficient (Wildman–Crippen LogP) is 4.51. The molecule has 0 aliphatic heterocycles. The van der Waals surface area contributed by atoms with E-state index < -0.39 is 70.8 Å². The first-order valence-electron chi connectivity index (χ1n) is 13.0. The lowest BCUT2D eigenvalue weighted by Gasteiger charge is -2.31. The standard InChI is InChI=1S/C30H30F4N2O8/c1-15(43-14-30(3,13-37)36-29(39)25-28(44-16(2)38)21(40-4)11-12-35-25)22(17-7-9-19(31)23(33)26(17)41-5)18-8-10-20(32)24(34)27(18)42-6/h7-13,15,22H,14H2,1-6H3,(H,36,39)/t15-,30+/m0/s1. The molecule has 0 saturated heterocycles. The molecule has 14 heteroatoms. The van der Waals surface area contributed by atoms with Gasteiger partial charge >= 0.3 is 5.97 Å². The summed E-state index contributed by atoms with van der Waals surface area (Å²) in [5.41, 5.74) is -2.11. The molecule has 44 heavy (non-hydrogen) atoms. The number of amides is 1. The lowest BCUT2D eigenvalue weighted by atomic mass is 9.85. The van der Waals surface area contributed by atoms with Crippen LogP contribution in [0.25, 0.3) is 0 Å². The summed E-state index contributed by atoms with van der Waals surface area (Å²) in [6.07, 6.45) is 0.525. The van der Waals surface area contributed by atoms with E-state index in [1.54, 1.807) is 0 Å². The van der Waals surface area contributed by atoms with Crippen LogP contribution in [-0.4, -0.2) is 62.7 Å². The Morgan fingerprint density at radius 2 is 1.45 bits per heavy atom. The molecule has 0 radical (unpaired) electrons. The summed E-state index contributed by atoms with van der Waals surface area (Å²) in [6.45, 7) is 3.40. The van der Waals surface area contributed by atoms with Gasteiger partial charge in [-0.05, 0) is 26.0 Å². The van der Waals surface area contributed by atoms with Crippen molar-refractivity contribution in [1.29, 1.82) is 0 Å². The molecule has 0 aliphatic rings. The Kier molecular flexibility index (Phi) is 10.9. The van der Waals surface area contributed by atoms with Crippen LogP contribution in [0.3, 0.4) is 0 Å². The molecule has 1 N–H and O–H groups in total. The molecule has 0 spiro atoms. The van der Waals surface area contributed by atoms with E-state index in [1.807, 2.05) is 0 Å². The van der Waals surface area contributed by atoms with E-state index in [2.05, 4.69) is 10.3 Å². The van der Waals surface area contributed by atoms with E-state index in [0.717, 1.165) is 33.3 Å². The first-order chi connectivity index (χ1) is 20.8. The quantitative estimate of drug-likeness (QED) is 0.167. The van der Waals surface area contributed by atoms with Crippen LogP contribution in [0.1, 0.15) is 48.3 Å². The number of aromatic nitrogens is 1. The lowest BCUT2D eigenvalue weighted by Crippen LogP contribution is -2.52. The third kappa shape index (κ3) is 7.08. The molecule has 2 aromatic carbocycles. The number of methoxy groups -OCH3 is 3. The van der Waals surface area contributed by atoms with Crippen LogP contribution in [0.15, 0.2) is 36.5 Å². The topological polar surface area (TPSA) is 122 Å². The van der Waals surface area contributed by atoms with Crippen molar-refractivity contribution in [3.05, 3.63) is 76.6 Å². The Morgan fingerprint density at radius 3 is 1.91 bits per heavy atom. The molecular formula is C30H30F4N2O8. The van der Waals surface area contributed by atoms with Crippen LogP contribution in [0.2, 0.25) is 0 Å². The number of aldehydes is 1. The number of nitrogens with zero attached hydrogens (tertiary/aromatic N) is 1. The monoisotopic (exact) mass is 622 g/mol. The second-order valence-electron chi connectivity index (χ2n) is 9.74. The minimum Gasteiger partial charge on any atom is -0.493 e. The summed E-state index contributed by atoms with van der Waals surface area (Å²) >= 11 is 0. The van der Waals surface area contributed by atoms with Gasteiger partial charge in [0.1, 0.15) is 11.8 Å². The van der Waals surface area contributed by atoms with Crippen molar-refractivity contribution in [2.24, 2.45) is 0 Å². The van der Waals surface area contributed by atoms with Crippen molar-refractivity contribution in [1.82, 2.24) is 10.3 Å². The highest BCUT2D eigenvalue weighted by Crippen LogP contribution is 2.42. The molecule has 0 unspecified atom stereocenters. The van der Waals surface area contributed by atoms with Crippen molar-refractivity contribution >= 4 is 18.2 Å². The molecule has 1 heterocycles. The number of carbonyl (C=O) groups is 3. The highest BCUT2D eigenvalue weighted by Gasteiger charge is 2.35. The van der Waals surface area contributed by atoms with Gasteiger partial charge in [0.05, 0.1) is 34.0 Å². The highest BCUT2D eigenvalue weighted by molar-refractivity contribution is 5.98.